The van der Waals surface area contributed by atoms with Crippen molar-refractivity contribution in [3.8, 4) is 5.75 Å². The van der Waals surface area contributed by atoms with Crippen LogP contribution in [-0.2, 0) is 9.53 Å². The van der Waals surface area contributed by atoms with E-state index in [0.29, 0.717) is 18.8 Å². The average molecular weight is 307 g/mol. The number of hydrogen-bond donors (Lipinski definition) is 0. The summed E-state index contributed by atoms with van der Waals surface area (Å²) >= 11 is 0. The Bertz CT molecular complexity index is 522. The van der Waals surface area contributed by atoms with Gasteiger partial charge in [0.05, 0.1) is 4.92 Å². The number of nitrogens with zero attached hydrogens (tertiary/aromatic N) is 1. The number of esters is 1. The van der Waals surface area contributed by atoms with Gasteiger partial charge in [-0.15, -0.1) is 0 Å². The maximum absolute atomic E-state index is 11.3. The first-order valence-corrected chi connectivity index (χ1v) is 7.21. The molecule has 22 heavy (non-hydrogen) atoms. The molecule has 1 rings (SSSR count). The van der Waals surface area contributed by atoms with Crippen LogP contribution in [0.5, 0.6) is 5.75 Å². The van der Waals surface area contributed by atoms with Gasteiger partial charge >= 0.3 is 5.97 Å². The first-order valence-electron chi connectivity index (χ1n) is 7.21. The molecule has 120 valence electrons. The van der Waals surface area contributed by atoms with E-state index in [9.17, 15) is 14.9 Å². The summed E-state index contributed by atoms with van der Waals surface area (Å²) in [7, 11) is 0. The Morgan fingerprint density at radius 3 is 2.59 bits per heavy atom. The third-order valence-corrected chi connectivity index (χ3v) is 2.92. The molecule has 0 fully saturated rings. The maximum Gasteiger partial charge on any atom is 0.306 e. The maximum atomic E-state index is 11.3. The van der Waals surface area contributed by atoms with Crippen molar-refractivity contribution in [2.75, 3.05) is 13.2 Å². The van der Waals surface area contributed by atoms with E-state index in [-0.39, 0.29) is 18.3 Å². The molecule has 1 aromatic rings. The first kappa shape index (κ1) is 17.7. The molecule has 0 bridgehead atoms. The number of nitro groups is 1. The van der Waals surface area contributed by atoms with E-state index in [2.05, 4.69) is 0 Å². The van der Waals surface area contributed by atoms with E-state index in [1.807, 2.05) is 13.8 Å². The molecule has 0 aromatic heterocycles. The largest absolute Gasteiger partial charge is 0.489 e. The molecule has 0 aliphatic rings. The van der Waals surface area contributed by atoms with Gasteiger partial charge in [0.15, 0.2) is 0 Å². The summed E-state index contributed by atoms with van der Waals surface area (Å²) < 4.78 is 10.6. The summed E-state index contributed by atoms with van der Waals surface area (Å²) in [4.78, 5) is 21.4. The van der Waals surface area contributed by atoms with Crippen molar-refractivity contribution in [1.29, 1.82) is 0 Å². The Hall–Kier alpha value is -2.37. The quantitative estimate of drug-likeness (QED) is 0.301. The fraction of sp³-hybridized carbons (Fsp3) is 0.438. The van der Waals surface area contributed by atoms with E-state index in [0.717, 1.165) is 18.4 Å². The summed E-state index contributed by atoms with van der Waals surface area (Å²) in [5.41, 5.74) is 0.945. The Balaban J connectivity index is 2.32. The van der Waals surface area contributed by atoms with Crippen molar-refractivity contribution in [1.82, 2.24) is 0 Å². The van der Waals surface area contributed by atoms with Crippen LogP contribution in [-0.4, -0.2) is 24.1 Å². The van der Waals surface area contributed by atoms with Crippen LogP contribution in [0.1, 0.15) is 33.1 Å². The second-order valence-corrected chi connectivity index (χ2v) is 4.88. The number of carbonyl (C=O) groups is 1. The average Bonchev–Trinajstić information content (AvgIpc) is 2.51. The molecule has 0 aliphatic carbocycles. The molecule has 0 unspecified atom stereocenters. The lowest BCUT2D eigenvalue weighted by molar-refractivity contribution is -0.384. The van der Waals surface area contributed by atoms with Gasteiger partial charge in [-0.25, -0.2) is 0 Å². The molecular weight excluding hydrogens is 286 g/mol. The summed E-state index contributed by atoms with van der Waals surface area (Å²) in [6.07, 6.45) is 4.04. The summed E-state index contributed by atoms with van der Waals surface area (Å²) in [6.45, 7) is 4.46. The number of carbonyl (C=O) groups excluding carboxylic acids is 1. The Labute approximate surface area is 129 Å². The third-order valence-electron chi connectivity index (χ3n) is 2.92. The summed E-state index contributed by atoms with van der Waals surface area (Å²) in [5.74, 6) is 0.362. The third kappa shape index (κ3) is 6.88. The van der Waals surface area contributed by atoms with Crippen LogP contribution in [0.4, 0.5) is 5.69 Å². The van der Waals surface area contributed by atoms with Crippen LogP contribution in [0, 0.1) is 10.1 Å². The Morgan fingerprint density at radius 2 is 2.00 bits per heavy atom. The zero-order valence-electron chi connectivity index (χ0n) is 12.9. The van der Waals surface area contributed by atoms with Gasteiger partial charge in [0, 0.05) is 18.6 Å². The number of unbranched alkanes of at least 4 members (excludes halogenated alkanes) is 1. The fourth-order valence-electron chi connectivity index (χ4n) is 1.59. The second kappa shape index (κ2) is 9.55. The minimum absolute atomic E-state index is 0.0265. The normalized spacial score (nSPS) is 11.1. The van der Waals surface area contributed by atoms with Crippen molar-refractivity contribution >= 4 is 11.7 Å². The smallest absolute Gasteiger partial charge is 0.306 e. The van der Waals surface area contributed by atoms with Crippen LogP contribution in [0.15, 0.2) is 35.9 Å². The molecule has 0 heterocycles. The molecule has 0 N–H and O–H groups in total. The molecule has 0 radical (unpaired) electrons. The van der Waals surface area contributed by atoms with Crippen LogP contribution in [0.25, 0.3) is 0 Å². The number of ether oxygens (including phenoxy) is 2. The number of rotatable bonds is 9. The molecule has 0 atom stereocenters. The van der Waals surface area contributed by atoms with Crippen LogP contribution >= 0.6 is 0 Å². The highest BCUT2D eigenvalue weighted by molar-refractivity contribution is 5.69. The van der Waals surface area contributed by atoms with Gasteiger partial charge in [-0.05, 0) is 37.1 Å². The molecule has 0 spiro atoms. The number of nitro benzene ring substituents is 1. The molecule has 6 nitrogen and oxygen atoms in total. The van der Waals surface area contributed by atoms with Crippen molar-refractivity contribution in [3.05, 3.63) is 46.0 Å². The first-order chi connectivity index (χ1) is 10.5. The van der Waals surface area contributed by atoms with Gasteiger partial charge < -0.3 is 9.47 Å². The van der Waals surface area contributed by atoms with Crippen LogP contribution in [0.3, 0.4) is 0 Å². The minimum atomic E-state index is -0.457. The standard InChI is InChI=1S/C16H21NO5/c1-3-4-5-16(18)21-11-10-13(2)12-22-15-8-6-14(7-9-15)17(19)20/h6-10H,3-5,11-12H2,1-2H3. The van der Waals surface area contributed by atoms with Gasteiger partial charge in [0.25, 0.3) is 5.69 Å². The topological polar surface area (TPSA) is 78.7 Å². The number of hydrogen-bond acceptors (Lipinski definition) is 5. The van der Waals surface area contributed by atoms with Gasteiger partial charge in [-0.3, -0.25) is 14.9 Å². The van der Waals surface area contributed by atoms with Gasteiger partial charge in [0.1, 0.15) is 19.0 Å². The second-order valence-electron chi connectivity index (χ2n) is 4.88. The summed E-state index contributed by atoms with van der Waals surface area (Å²) in [5, 5.41) is 10.5. The SMILES string of the molecule is CCCCC(=O)OCC=C(C)COc1ccc([N+](=O)[O-])cc1. The van der Waals surface area contributed by atoms with E-state index in [1.165, 1.54) is 12.1 Å². The number of benzene rings is 1. The molecule has 6 heteroatoms. The zero-order chi connectivity index (χ0) is 16.4. The molecule has 0 saturated heterocycles. The van der Waals surface area contributed by atoms with E-state index < -0.39 is 4.92 Å². The number of non-ortho nitro benzene ring substituents is 1. The Morgan fingerprint density at radius 1 is 1.32 bits per heavy atom. The predicted molar refractivity (Wildman–Crippen MR) is 82.8 cm³/mol. The van der Waals surface area contributed by atoms with E-state index in [1.54, 1.807) is 18.2 Å². The van der Waals surface area contributed by atoms with Crippen molar-refractivity contribution in [2.45, 2.75) is 33.1 Å². The lowest BCUT2D eigenvalue weighted by Gasteiger charge is -2.07. The van der Waals surface area contributed by atoms with Crippen LogP contribution in [0.2, 0.25) is 0 Å². The predicted octanol–water partition coefficient (Wildman–Crippen LogP) is 3.65. The van der Waals surface area contributed by atoms with Crippen LogP contribution < -0.4 is 4.74 Å². The lowest BCUT2D eigenvalue weighted by Crippen LogP contribution is -2.05. The monoisotopic (exact) mass is 307 g/mol. The molecular formula is C16H21NO5. The van der Waals surface area contributed by atoms with Crippen molar-refractivity contribution in [2.24, 2.45) is 0 Å². The van der Waals surface area contributed by atoms with Gasteiger partial charge in [-0.2, -0.15) is 0 Å². The Kier molecular flexibility index (Phi) is 7.67. The highest BCUT2D eigenvalue weighted by atomic mass is 16.6. The van der Waals surface area contributed by atoms with Crippen molar-refractivity contribution < 1.29 is 19.2 Å². The van der Waals surface area contributed by atoms with Crippen molar-refractivity contribution in [3.63, 3.8) is 0 Å². The lowest BCUT2D eigenvalue weighted by atomic mass is 10.2. The zero-order valence-corrected chi connectivity index (χ0v) is 12.9. The minimum Gasteiger partial charge on any atom is -0.489 e. The van der Waals surface area contributed by atoms with Gasteiger partial charge in [0.2, 0.25) is 0 Å². The van der Waals surface area contributed by atoms with E-state index >= 15 is 0 Å². The molecule has 0 saturated carbocycles. The van der Waals surface area contributed by atoms with E-state index in [4.69, 9.17) is 9.47 Å². The summed E-state index contributed by atoms with van der Waals surface area (Å²) in [6, 6.07) is 5.89. The highest BCUT2D eigenvalue weighted by Crippen LogP contribution is 2.17. The molecule has 1 aromatic carbocycles. The highest BCUT2D eigenvalue weighted by Gasteiger charge is 2.04. The molecule has 0 amide bonds. The fourth-order valence-corrected chi connectivity index (χ4v) is 1.59. The van der Waals surface area contributed by atoms with Gasteiger partial charge in [-0.1, -0.05) is 13.3 Å². The molecule has 0 aliphatic heterocycles.